The van der Waals surface area contributed by atoms with Crippen molar-refractivity contribution < 1.29 is 18.0 Å². The molecule has 0 aliphatic carbocycles. The number of halogens is 1. The Kier molecular flexibility index (Phi) is 6.42. The summed E-state index contributed by atoms with van der Waals surface area (Å²) in [6, 6.07) is 5.55. The molecule has 27 heavy (non-hydrogen) atoms. The third-order valence-electron chi connectivity index (χ3n) is 4.00. The van der Waals surface area contributed by atoms with Crippen LogP contribution in [0, 0.1) is 13.8 Å². The largest absolute Gasteiger partial charge is 0.348 e. The summed E-state index contributed by atoms with van der Waals surface area (Å²) in [7, 11) is -1.49. The van der Waals surface area contributed by atoms with Crippen LogP contribution in [-0.2, 0) is 21.4 Å². The first-order valence-electron chi connectivity index (χ1n) is 7.88. The molecule has 0 radical (unpaired) electrons. The van der Waals surface area contributed by atoms with Crippen LogP contribution >= 0.6 is 11.6 Å². The monoisotopic (exact) mass is 413 g/mol. The first-order chi connectivity index (χ1) is 12.6. The van der Waals surface area contributed by atoms with E-state index in [1.54, 1.807) is 19.9 Å². The quantitative estimate of drug-likeness (QED) is 0.701. The molecular formula is C17H20ClN3O5S. The number of carbonyl (C=O) groups is 1. The van der Waals surface area contributed by atoms with Gasteiger partial charge in [-0.15, -0.1) is 0 Å². The van der Waals surface area contributed by atoms with Gasteiger partial charge in [0.25, 0.3) is 21.5 Å². The van der Waals surface area contributed by atoms with Gasteiger partial charge in [-0.25, -0.2) is 8.42 Å². The van der Waals surface area contributed by atoms with Gasteiger partial charge in [0.1, 0.15) is 0 Å². The molecule has 0 atom stereocenters. The maximum Gasteiger partial charge on any atom is 0.264 e. The molecule has 2 N–H and O–H groups in total. The molecule has 1 heterocycles. The lowest BCUT2D eigenvalue weighted by atomic mass is 10.1. The molecule has 0 aliphatic rings. The van der Waals surface area contributed by atoms with Gasteiger partial charge in [-0.1, -0.05) is 16.1 Å². The van der Waals surface area contributed by atoms with Crippen molar-refractivity contribution in [2.75, 3.05) is 14.2 Å². The molecule has 0 saturated heterocycles. The molecule has 10 heteroatoms. The van der Waals surface area contributed by atoms with E-state index >= 15 is 0 Å². The summed E-state index contributed by atoms with van der Waals surface area (Å²) in [6.45, 7) is 3.51. The van der Waals surface area contributed by atoms with Crippen LogP contribution in [0.3, 0.4) is 0 Å². The topological polar surface area (TPSA) is 109 Å². The van der Waals surface area contributed by atoms with Gasteiger partial charge in [0.15, 0.2) is 0 Å². The Morgan fingerprint density at radius 3 is 2.56 bits per heavy atom. The number of benzene rings is 1. The fourth-order valence-corrected chi connectivity index (χ4v) is 3.65. The van der Waals surface area contributed by atoms with E-state index in [9.17, 15) is 18.0 Å². The fraction of sp³-hybridized carbons (Fsp3) is 0.294. The molecular weight excluding hydrogens is 394 g/mol. The Hall–Kier alpha value is -2.20. The number of nitrogens with zero attached hydrogens (tertiary/aromatic N) is 1. The number of hydrogen-bond acceptors (Lipinski definition) is 5. The molecule has 2 rings (SSSR count). The Morgan fingerprint density at radius 2 is 1.96 bits per heavy atom. The van der Waals surface area contributed by atoms with Gasteiger partial charge in [0, 0.05) is 24.8 Å². The molecule has 0 saturated carbocycles. The number of amides is 1. The van der Waals surface area contributed by atoms with Crippen LogP contribution in [0.25, 0.3) is 0 Å². The van der Waals surface area contributed by atoms with Crippen molar-refractivity contribution >= 4 is 27.5 Å². The number of carbonyl (C=O) groups excluding carboxylic acids is 1. The van der Waals surface area contributed by atoms with Gasteiger partial charge in [-0.05, 0) is 43.7 Å². The van der Waals surface area contributed by atoms with Gasteiger partial charge in [0.2, 0.25) is 0 Å². The number of aromatic nitrogens is 1. The van der Waals surface area contributed by atoms with Crippen LogP contribution in [0.2, 0.25) is 5.02 Å². The van der Waals surface area contributed by atoms with Crippen LogP contribution < -0.4 is 10.9 Å². The molecule has 0 bridgehead atoms. The molecule has 0 aliphatic heterocycles. The van der Waals surface area contributed by atoms with Gasteiger partial charge in [-0.2, -0.15) is 0 Å². The minimum atomic E-state index is -3.93. The summed E-state index contributed by atoms with van der Waals surface area (Å²) in [5, 5.41) is 2.68. The van der Waals surface area contributed by atoms with Gasteiger partial charge < -0.3 is 10.3 Å². The number of hydroxylamine groups is 1. The first-order valence-corrected chi connectivity index (χ1v) is 9.70. The van der Waals surface area contributed by atoms with Crippen molar-refractivity contribution in [1.29, 1.82) is 0 Å². The summed E-state index contributed by atoms with van der Waals surface area (Å²) in [6.07, 6.45) is 0. The minimum absolute atomic E-state index is 0.0223. The molecule has 2 aromatic rings. The molecule has 1 aromatic carbocycles. The van der Waals surface area contributed by atoms with E-state index in [2.05, 4.69) is 10.3 Å². The number of H-pyrrole nitrogens is 1. The van der Waals surface area contributed by atoms with Crippen molar-refractivity contribution in [3.05, 3.63) is 62.0 Å². The SMILES string of the molecule is CON(C)S(=O)(=O)c1ccc(Cl)c(C(=O)NCc2c(C)cc(C)[nH]c2=O)c1. The number of aromatic amines is 1. The Bertz CT molecular complexity index is 1030. The zero-order valence-corrected chi connectivity index (χ0v) is 16.9. The van der Waals surface area contributed by atoms with E-state index < -0.39 is 15.9 Å². The van der Waals surface area contributed by atoms with Gasteiger partial charge in [-0.3, -0.25) is 14.4 Å². The molecule has 1 aromatic heterocycles. The second kappa shape index (κ2) is 8.22. The molecule has 0 unspecified atom stereocenters. The third-order valence-corrected chi connectivity index (χ3v) is 6.00. The molecule has 0 spiro atoms. The fourth-order valence-electron chi connectivity index (χ4n) is 2.45. The highest BCUT2D eigenvalue weighted by atomic mass is 35.5. The number of rotatable bonds is 6. The lowest BCUT2D eigenvalue weighted by molar-refractivity contribution is -0.0258. The lowest BCUT2D eigenvalue weighted by Crippen LogP contribution is -2.29. The summed E-state index contributed by atoms with van der Waals surface area (Å²) < 4.78 is 25.3. The van der Waals surface area contributed by atoms with Crippen LogP contribution in [0.4, 0.5) is 0 Å². The number of nitrogens with one attached hydrogen (secondary N) is 2. The Balaban J connectivity index is 2.30. The van der Waals surface area contributed by atoms with Crippen molar-refractivity contribution in [2.45, 2.75) is 25.3 Å². The van der Waals surface area contributed by atoms with Crippen molar-refractivity contribution in [1.82, 2.24) is 14.8 Å². The van der Waals surface area contributed by atoms with Crippen LogP contribution in [0.1, 0.15) is 27.2 Å². The van der Waals surface area contributed by atoms with E-state index in [1.807, 2.05) is 0 Å². The van der Waals surface area contributed by atoms with Crippen LogP contribution in [-0.4, -0.2) is 37.9 Å². The first kappa shape index (κ1) is 21.1. The number of sulfonamides is 1. The molecule has 8 nitrogen and oxygen atoms in total. The van der Waals surface area contributed by atoms with Crippen molar-refractivity contribution in [3.63, 3.8) is 0 Å². The van der Waals surface area contributed by atoms with E-state index in [4.69, 9.17) is 16.4 Å². The average Bonchev–Trinajstić information content (AvgIpc) is 2.59. The zero-order valence-electron chi connectivity index (χ0n) is 15.3. The maximum absolute atomic E-state index is 12.5. The smallest absolute Gasteiger partial charge is 0.264 e. The standard InChI is InChI=1S/C17H20ClN3O5S/c1-10-7-11(2)20-17(23)14(10)9-19-16(22)13-8-12(5-6-15(13)18)27(24,25)21(3)26-4/h5-8H,9H2,1-4H3,(H,19,22)(H,20,23). The highest BCUT2D eigenvalue weighted by molar-refractivity contribution is 7.89. The summed E-state index contributed by atoms with van der Waals surface area (Å²) >= 11 is 6.05. The van der Waals surface area contributed by atoms with Crippen molar-refractivity contribution in [2.24, 2.45) is 0 Å². The number of pyridine rings is 1. The normalized spacial score (nSPS) is 11.6. The average molecular weight is 414 g/mol. The zero-order chi connectivity index (χ0) is 20.4. The third kappa shape index (κ3) is 4.56. The van der Waals surface area contributed by atoms with E-state index in [-0.39, 0.29) is 27.6 Å². The molecule has 146 valence electrons. The van der Waals surface area contributed by atoms with Crippen LogP contribution in [0.5, 0.6) is 0 Å². The van der Waals surface area contributed by atoms with E-state index in [0.29, 0.717) is 10.0 Å². The highest BCUT2D eigenvalue weighted by Gasteiger charge is 2.23. The Morgan fingerprint density at radius 1 is 1.30 bits per heavy atom. The van der Waals surface area contributed by atoms with E-state index in [0.717, 1.165) is 17.3 Å². The predicted molar refractivity (Wildman–Crippen MR) is 101 cm³/mol. The lowest BCUT2D eigenvalue weighted by Gasteiger charge is -2.15. The Labute approximate surface area is 162 Å². The van der Waals surface area contributed by atoms with Gasteiger partial charge in [0.05, 0.1) is 22.6 Å². The molecule has 0 fully saturated rings. The molecule has 1 amide bonds. The summed E-state index contributed by atoms with van der Waals surface area (Å²) in [5.41, 5.74) is 1.55. The van der Waals surface area contributed by atoms with Crippen LogP contribution in [0.15, 0.2) is 34.0 Å². The maximum atomic E-state index is 12.5. The second-order valence-corrected chi connectivity index (χ2v) is 8.21. The van der Waals surface area contributed by atoms with E-state index in [1.165, 1.54) is 26.3 Å². The summed E-state index contributed by atoms with van der Waals surface area (Å²) in [5.74, 6) is -0.600. The highest BCUT2D eigenvalue weighted by Crippen LogP contribution is 2.22. The van der Waals surface area contributed by atoms with Gasteiger partial charge >= 0.3 is 0 Å². The van der Waals surface area contributed by atoms with Crippen molar-refractivity contribution in [3.8, 4) is 0 Å². The number of aryl methyl sites for hydroxylation is 2. The number of hydrogen-bond donors (Lipinski definition) is 2. The predicted octanol–water partition coefficient (Wildman–Crippen LogP) is 1.76. The second-order valence-electron chi connectivity index (χ2n) is 5.86. The minimum Gasteiger partial charge on any atom is -0.348 e. The summed E-state index contributed by atoms with van der Waals surface area (Å²) in [4.78, 5) is 31.8.